The summed E-state index contributed by atoms with van der Waals surface area (Å²) in [6, 6.07) is 20.6. The molecule has 0 bridgehead atoms. The third-order valence-corrected chi connectivity index (χ3v) is 3.73. The van der Waals surface area contributed by atoms with Gasteiger partial charge in [-0.25, -0.2) is 0 Å². The molecular formula is C19H26NO2+. The van der Waals surface area contributed by atoms with Crippen LogP contribution in [0.2, 0.25) is 0 Å². The van der Waals surface area contributed by atoms with Gasteiger partial charge in [-0.2, -0.15) is 0 Å². The number of benzene rings is 2. The Hall–Kier alpha value is -1.84. The van der Waals surface area contributed by atoms with Crippen LogP contribution >= 0.6 is 0 Å². The maximum absolute atomic E-state index is 9.99. The minimum Gasteiger partial charge on any atom is -0.491 e. The van der Waals surface area contributed by atoms with Crippen LogP contribution in [0.25, 0.3) is 0 Å². The van der Waals surface area contributed by atoms with E-state index >= 15 is 0 Å². The van der Waals surface area contributed by atoms with Crippen LogP contribution in [0.1, 0.15) is 18.9 Å². The highest BCUT2D eigenvalue weighted by Crippen LogP contribution is 2.08. The smallest absolute Gasteiger partial charge is 0.137 e. The molecule has 3 nitrogen and oxygen atoms in total. The summed E-state index contributed by atoms with van der Waals surface area (Å²) in [6.07, 6.45) is 1.74. The number of rotatable bonds is 9. The lowest BCUT2D eigenvalue weighted by atomic mass is 10.1. The van der Waals surface area contributed by atoms with Crippen LogP contribution < -0.4 is 10.1 Å². The molecule has 0 saturated carbocycles. The Morgan fingerprint density at radius 3 is 2.32 bits per heavy atom. The van der Waals surface area contributed by atoms with Crippen molar-refractivity contribution in [3.05, 3.63) is 66.2 Å². The molecule has 118 valence electrons. The number of quaternary nitrogens is 1. The Bertz CT molecular complexity index is 466. The topological polar surface area (TPSA) is 46.1 Å². The van der Waals surface area contributed by atoms with E-state index in [2.05, 4.69) is 36.5 Å². The summed E-state index contributed by atoms with van der Waals surface area (Å²) in [6.45, 7) is 3.21. The quantitative estimate of drug-likeness (QED) is 0.744. The van der Waals surface area contributed by atoms with Crippen molar-refractivity contribution in [1.82, 2.24) is 0 Å². The van der Waals surface area contributed by atoms with Crippen LogP contribution in [0.15, 0.2) is 60.7 Å². The minimum absolute atomic E-state index is 0.339. The third kappa shape index (κ3) is 6.29. The number of aliphatic hydroxyl groups excluding tert-OH is 1. The van der Waals surface area contributed by atoms with E-state index in [0.29, 0.717) is 19.2 Å². The van der Waals surface area contributed by atoms with Gasteiger partial charge in [0.05, 0.1) is 6.04 Å². The summed E-state index contributed by atoms with van der Waals surface area (Å²) in [5, 5.41) is 12.2. The minimum atomic E-state index is -0.445. The molecule has 2 rings (SSSR count). The second kappa shape index (κ2) is 9.23. The molecule has 22 heavy (non-hydrogen) atoms. The molecular weight excluding hydrogens is 274 g/mol. The van der Waals surface area contributed by atoms with E-state index in [1.54, 1.807) is 0 Å². The van der Waals surface area contributed by atoms with Crippen molar-refractivity contribution < 1.29 is 15.2 Å². The highest BCUT2D eigenvalue weighted by Gasteiger charge is 2.11. The van der Waals surface area contributed by atoms with Crippen LogP contribution in [0.3, 0.4) is 0 Å². The summed E-state index contributed by atoms with van der Waals surface area (Å²) in [5.41, 5.74) is 1.37. The van der Waals surface area contributed by atoms with E-state index < -0.39 is 6.10 Å². The zero-order chi connectivity index (χ0) is 15.6. The Morgan fingerprint density at radius 2 is 1.64 bits per heavy atom. The first-order valence-corrected chi connectivity index (χ1v) is 7.97. The highest BCUT2D eigenvalue weighted by atomic mass is 16.5. The standard InChI is InChI=1S/C19H25NO2/c1-16(12-13-17-8-4-2-5-9-17)20-14-18(21)15-22-19-10-6-3-7-11-19/h2-11,16,18,20-21H,12-15H2,1H3/p+1/t16-,18-/m0/s1. The van der Waals surface area contributed by atoms with Gasteiger partial charge >= 0.3 is 0 Å². The van der Waals surface area contributed by atoms with Gasteiger partial charge in [0.25, 0.3) is 0 Å². The third-order valence-electron chi connectivity index (χ3n) is 3.73. The van der Waals surface area contributed by atoms with Crippen LogP contribution in [0, 0.1) is 0 Å². The molecule has 2 aromatic rings. The molecule has 0 fully saturated rings. The molecule has 0 saturated heterocycles. The van der Waals surface area contributed by atoms with E-state index in [0.717, 1.165) is 18.6 Å². The van der Waals surface area contributed by atoms with E-state index in [1.165, 1.54) is 5.56 Å². The molecule has 0 amide bonds. The molecule has 2 aromatic carbocycles. The van der Waals surface area contributed by atoms with Gasteiger partial charge in [0.15, 0.2) is 0 Å². The fourth-order valence-corrected chi connectivity index (χ4v) is 2.32. The average molecular weight is 300 g/mol. The Kier molecular flexibility index (Phi) is 6.94. The fourth-order valence-electron chi connectivity index (χ4n) is 2.32. The molecule has 3 heteroatoms. The van der Waals surface area contributed by atoms with Crippen LogP contribution in [-0.4, -0.2) is 30.4 Å². The summed E-state index contributed by atoms with van der Waals surface area (Å²) in [5.74, 6) is 0.804. The van der Waals surface area contributed by atoms with Crippen LogP contribution in [0.4, 0.5) is 0 Å². The second-order valence-electron chi connectivity index (χ2n) is 5.75. The average Bonchev–Trinajstić information content (AvgIpc) is 2.58. The van der Waals surface area contributed by atoms with E-state index in [1.807, 2.05) is 36.4 Å². The van der Waals surface area contributed by atoms with Crippen molar-refractivity contribution in [2.45, 2.75) is 31.9 Å². The predicted molar refractivity (Wildman–Crippen MR) is 89.0 cm³/mol. The molecule has 0 aliphatic carbocycles. The van der Waals surface area contributed by atoms with E-state index in [9.17, 15) is 5.11 Å². The maximum Gasteiger partial charge on any atom is 0.137 e. The zero-order valence-electron chi connectivity index (χ0n) is 13.2. The van der Waals surface area contributed by atoms with Gasteiger partial charge in [-0.15, -0.1) is 0 Å². The maximum atomic E-state index is 9.99. The first-order chi connectivity index (χ1) is 10.7. The number of aliphatic hydroxyl groups is 1. The number of aryl methyl sites for hydroxylation is 1. The molecule has 0 aliphatic rings. The molecule has 0 unspecified atom stereocenters. The molecule has 0 aromatic heterocycles. The van der Waals surface area contributed by atoms with Gasteiger partial charge in [-0.1, -0.05) is 48.5 Å². The van der Waals surface area contributed by atoms with E-state index in [4.69, 9.17) is 4.74 Å². The lowest BCUT2D eigenvalue weighted by molar-refractivity contribution is -0.692. The van der Waals surface area contributed by atoms with Crippen LogP contribution in [-0.2, 0) is 6.42 Å². The lowest BCUT2D eigenvalue weighted by Crippen LogP contribution is -2.91. The van der Waals surface area contributed by atoms with Crippen molar-refractivity contribution >= 4 is 0 Å². The highest BCUT2D eigenvalue weighted by molar-refractivity contribution is 5.20. The normalized spacial score (nSPS) is 13.5. The molecule has 2 atom stereocenters. The zero-order valence-corrected chi connectivity index (χ0v) is 13.2. The number of hydrogen-bond donors (Lipinski definition) is 2. The van der Waals surface area contributed by atoms with Crippen molar-refractivity contribution in [3.8, 4) is 5.75 Å². The van der Waals surface area contributed by atoms with Gasteiger partial charge in [-0.3, -0.25) is 0 Å². The van der Waals surface area contributed by atoms with Crippen molar-refractivity contribution in [3.63, 3.8) is 0 Å². The molecule has 3 N–H and O–H groups in total. The molecule has 0 heterocycles. The molecule has 0 spiro atoms. The molecule has 0 radical (unpaired) electrons. The Labute approximate surface area is 133 Å². The number of ether oxygens (including phenoxy) is 1. The summed E-state index contributed by atoms with van der Waals surface area (Å²) in [4.78, 5) is 0. The first-order valence-electron chi connectivity index (χ1n) is 7.97. The van der Waals surface area contributed by atoms with Gasteiger partial charge < -0.3 is 15.2 Å². The number of nitrogens with two attached hydrogens (primary N) is 1. The van der Waals surface area contributed by atoms with Gasteiger partial charge in [0.1, 0.15) is 25.0 Å². The Morgan fingerprint density at radius 1 is 1.00 bits per heavy atom. The fraction of sp³-hybridized carbons (Fsp3) is 0.368. The first kappa shape index (κ1) is 16.5. The van der Waals surface area contributed by atoms with Gasteiger partial charge in [-0.05, 0) is 31.0 Å². The number of para-hydroxylation sites is 1. The monoisotopic (exact) mass is 300 g/mol. The largest absolute Gasteiger partial charge is 0.491 e. The van der Waals surface area contributed by atoms with Crippen LogP contribution in [0.5, 0.6) is 5.75 Å². The number of hydrogen-bond acceptors (Lipinski definition) is 2. The summed E-state index contributed by atoms with van der Waals surface area (Å²) >= 11 is 0. The SMILES string of the molecule is C[C@@H](CCc1ccccc1)[NH2+]C[C@H](O)COc1ccccc1. The van der Waals surface area contributed by atoms with Gasteiger partial charge in [0.2, 0.25) is 0 Å². The van der Waals surface area contributed by atoms with Crippen molar-refractivity contribution in [2.75, 3.05) is 13.2 Å². The second-order valence-corrected chi connectivity index (χ2v) is 5.75. The predicted octanol–water partition coefficient (Wildman–Crippen LogP) is 2.01. The molecule has 0 aliphatic heterocycles. The Balaban J connectivity index is 1.60. The van der Waals surface area contributed by atoms with Crippen molar-refractivity contribution in [1.29, 1.82) is 0 Å². The summed E-state index contributed by atoms with van der Waals surface area (Å²) < 4.78 is 5.56. The van der Waals surface area contributed by atoms with E-state index in [-0.39, 0.29) is 0 Å². The van der Waals surface area contributed by atoms with Crippen molar-refractivity contribution in [2.24, 2.45) is 0 Å². The van der Waals surface area contributed by atoms with Gasteiger partial charge in [0, 0.05) is 6.42 Å². The summed E-state index contributed by atoms with van der Waals surface area (Å²) in [7, 11) is 0. The lowest BCUT2D eigenvalue weighted by Gasteiger charge is -2.15.